The summed E-state index contributed by atoms with van der Waals surface area (Å²) in [5.41, 5.74) is 6.66. The minimum atomic E-state index is -0.707. The van der Waals surface area contributed by atoms with Crippen LogP contribution in [0.15, 0.2) is 47.1 Å². The lowest BCUT2D eigenvalue weighted by atomic mass is 10.2. The highest BCUT2D eigenvalue weighted by Crippen LogP contribution is 2.12. The lowest BCUT2D eigenvalue weighted by molar-refractivity contribution is -0.121. The van der Waals surface area contributed by atoms with E-state index in [2.05, 4.69) is 39.1 Å². The van der Waals surface area contributed by atoms with Crippen molar-refractivity contribution in [3.05, 3.63) is 59.8 Å². The van der Waals surface area contributed by atoms with Crippen LogP contribution < -0.4 is 5.73 Å². The lowest BCUT2D eigenvalue weighted by Crippen LogP contribution is -2.45. The van der Waals surface area contributed by atoms with Crippen molar-refractivity contribution in [2.75, 3.05) is 39.8 Å². The van der Waals surface area contributed by atoms with Gasteiger partial charge in [-0.15, -0.1) is 0 Å². The molecule has 0 radical (unpaired) electrons. The molecule has 1 aromatic heterocycles. The van der Waals surface area contributed by atoms with Crippen LogP contribution in [0, 0.1) is 0 Å². The van der Waals surface area contributed by atoms with Gasteiger partial charge < -0.3 is 15.1 Å². The second-order valence-corrected chi connectivity index (χ2v) is 7.51. The number of nitrogens with zero attached hydrogens (tertiary/aromatic N) is 4. The first-order chi connectivity index (χ1) is 14.4. The molecule has 0 spiro atoms. The van der Waals surface area contributed by atoms with Gasteiger partial charge in [0.25, 0.3) is 5.91 Å². The summed E-state index contributed by atoms with van der Waals surface area (Å²) in [6.45, 7) is 6.79. The average Bonchev–Trinajstić information content (AvgIpc) is 3.22. The highest BCUT2D eigenvalue weighted by atomic mass is 16.3. The Morgan fingerprint density at radius 2 is 1.87 bits per heavy atom. The van der Waals surface area contributed by atoms with Crippen LogP contribution in [0.1, 0.15) is 28.9 Å². The van der Waals surface area contributed by atoms with E-state index in [9.17, 15) is 9.59 Å². The molecule has 1 aliphatic rings. The number of hydrogen-bond acceptors (Lipinski definition) is 6. The summed E-state index contributed by atoms with van der Waals surface area (Å²) in [5, 5.41) is 0. The van der Waals surface area contributed by atoms with Gasteiger partial charge in [0.15, 0.2) is 5.69 Å². The number of piperazine rings is 1. The number of nitrogens with two attached hydrogens (primary N) is 1. The van der Waals surface area contributed by atoms with Crippen molar-refractivity contribution >= 4 is 17.9 Å². The molecule has 0 aliphatic carbocycles. The molecule has 3 rings (SSSR count). The van der Waals surface area contributed by atoms with Crippen molar-refractivity contribution in [2.45, 2.75) is 19.5 Å². The number of rotatable bonds is 8. The SMILES string of the molecule is CC(C(N)=O)N(C)C(=O)c1coc(CN2CCN(CC=Cc3ccccc3)CC2)n1. The number of primary amides is 1. The number of carbonyl (C=O) groups excluding carboxylic acids is 2. The maximum Gasteiger partial charge on any atom is 0.276 e. The van der Waals surface area contributed by atoms with Gasteiger partial charge >= 0.3 is 0 Å². The highest BCUT2D eigenvalue weighted by Gasteiger charge is 2.25. The Labute approximate surface area is 176 Å². The molecule has 30 heavy (non-hydrogen) atoms. The molecule has 1 saturated heterocycles. The average molecular weight is 412 g/mol. The zero-order valence-electron chi connectivity index (χ0n) is 17.5. The molecule has 2 N–H and O–H groups in total. The first-order valence-corrected chi connectivity index (χ1v) is 10.1. The second kappa shape index (κ2) is 10.2. The monoisotopic (exact) mass is 411 g/mol. The van der Waals surface area contributed by atoms with Gasteiger partial charge in [-0.2, -0.15) is 0 Å². The van der Waals surface area contributed by atoms with Gasteiger partial charge in [-0.25, -0.2) is 4.98 Å². The van der Waals surface area contributed by atoms with E-state index in [0.717, 1.165) is 32.7 Å². The predicted molar refractivity (Wildman–Crippen MR) is 114 cm³/mol. The molecule has 0 saturated carbocycles. The number of carbonyl (C=O) groups is 2. The Morgan fingerprint density at radius 3 is 2.53 bits per heavy atom. The van der Waals surface area contributed by atoms with Crippen LogP contribution in [0.25, 0.3) is 6.08 Å². The quantitative estimate of drug-likeness (QED) is 0.706. The molecule has 1 fully saturated rings. The molecule has 1 aliphatic heterocycles. The Bertz CT molecular complexity index is 872. The summed E-state index contributed by atoms with van der Waals surface area (Å²) in [7, 11) is 1.53. The molecular formula is C22H29N5O3. The highest BCUT2D eigenvalue weighted by molar-refractivity contribution is 5.95. The number of hydrogen-bond donors (Lipinski definition) is 1. The van der Waals surface area contributed by atoms with Crippen molar-refractivity contribution in [1.29, 1.82) is 0 Å². The third-order valence-corrected chi connectivity index (χ3v) is 5.38. The van der Waals surface area contributed by atoms with Crippen molar-refractivity contribution in [3.63, 3.8) is 0 Å². The zero-order chi connectivity index (χ0) is 21.5. The minimum Gasteiger partial charge on any atom is -0.447 e. The third kappa shape index (κ3) is 5.77. The second-order valence-electron chi connectivity index (χ2n) is 7.51. The zero-order valence-corrected chi connectivity index (χ0v) is 17.5. The minimum absolute atomic E-state index is 0.185. The Hall–Kier alpha value is -2.97. The van der Waals surface area contributed by atoms with E-state index in [0.29, 0.717) is 12.4 Å². The summed E-state index contributed by atoms with van der Waals surface area (Å²) in [5.74, 6) is -0.451. The number of likely N-dealkylation sites (N-methyl/N-ethyl adjacent to an activating group) is 1. The topological polar surface area (TPSA) is 95.9 Å². The lowest BCUT2D eigenvalue weighted by Gasteiger charge is -2.33. The standard InChI is InChI=1S/C22H29N5O3/c1-17(21(23)28)25(2)22(29)19-16-30-20(24-19)15-27-13-11-26(12-14-27)10-6-9-18-7-4-3-5-8-18/h3-9,16-17H,10-15H2,1-2H3,(H2,23,28). The molecule has 8 nitrogen and oxygen atoms in total. The van der Waals surface area contributed by atoms with E-state index in [1.807, 2.05) is 18.2 Å². The summed E-state index contributed by atoms with van der Waals surface area (Å²) < 4.78 is 5.48. The smallest absolute Gasteiger partial charge is 0.276 e. The van der Waals surface area contributed by atoms with Crippen LogP contribution >= 0.6 is 0 Å². The van der Waals surface area contributed by atoms with Crippen molar-refractivity contribution in [3.8, 4) is 0 Å². The first kappa shape index (κ1) is 21.7. The molecular weight excluding hydrogens is 382 g/mol. The summed E-state index contributed by atoms with van der Waals surface area (Å²) in [6, 6.07) is 9.57. The Balaban J connectivity index is 1.45. The largest absolute Gasteiger partial charge is 0.447 e. The van der Waals surface area contributed by atoms with Gasteiger partial charge in [-0.3, -0.25) is 19.4 Å². The summed E-state index contributed by atoms with van der Waals surface area (Å²) >= 11 is 0. The van der Waals surface area contributed by atoms with Crippen molar-refractivity contribution in [1.82, 2.24) is 19.7 Å². The fraction of sp³-hybridized carbons (Fsp3) is 0.409. The molecule has 2 amide bonds. The van der Waals surface area contributed by atoms with Crippen LogP contribution in [0.3, 0.4) is 0 Å². The van der Waals surface area contributed by atoms with Crippen LogP contribution in [0.4, 0.5) is 0 Å². The van der Waals surface area contributed by atoms with Gasteiger partial charge in [0.2, 0.25) is 11.8 Å². The van der Waals surface area contributed by atoms with E-state index in [1.165, 1.54) is 23.8 Å². The number of aromatic nitrogens is 1. The van der Waals surface area contributed by atoms with Crippen LogP contribution in [-0.4, -0.2) is 77.3 Å². The molecule has 1 aromatic carbocycles. The molecule has 2 aromatic rings. The molecule has 8 heteroatoms. The third-order valence-electron chi connectivity index (χ3n) is 5.38. The van der Waals surface area contributed by atoms with Gasteiger partial charge in [-0.1, -0.05) is 42.5 Å². The fourth-order valence-electron chi connectivity index (χ4n) is 3.25. The predicted octanol–water partition coefficient (Wildman–Crippen LogP) is 1.45. The summed E-state index contributed by atoms with van der Waals surface area (Å²) in [6.07, 6.45) is 5.68. The Morgan fingerprint density at radius 1 is 1.20 bits per heavy atom. The number of oxazole rings is 1. The van der Waals surface area contributed by atoms with Gasteiger partial charge in [-0.05, 0) is 12.5 Å². The van der Waals surface area contributed by atoms with Crippen molar-refractivity contribution < 1.29 is 14.0 Å². The molecule has 1 unspecified atom stereocenters. The number of benzene rings is 1. The van der Waals surface area contributed by atoms with Gasteiger partial charge in [0.1, 0.15) is 12.3 Å². The van der Waals surface area contributed by atoms with E-state index in [4.69, 9.17) is 10.2 Å². The normalized spacial score (nSPS) is 16.6. The maximum atomic E-state index is 12.4. The van der Waals surface area contributed by atoms with E-state index in [-0.39, 0.29) is 11.6 Å². The van der Waals surface area contributed by atoms with Gasteiger partial charge in [0.05, 0.1) is 6.54 Å². The molecule has 160 valence electrons. The molecule has 1 atom stereocenters. The van der Waals surface area contributed by atoms with Crippen LogP contribution in [-0.2, 0) is 11.3 Å². The fourth-order valence-corrected chi connectivity index (χ4v) is 3.25. The van der Waals surface area contributed by atoms with Crippen LogP contribution in [0.5, 0.6) is 0 Å². The van der Waals surface area contributed by atoms with E-state index in [1.54, 1.807) is 6.92 Å². The molecule has 0 bridgehead atoms. The first-order valence-electron chi connectivity index (χ1n) is 10.1. The molecule has 2 heterocycles. The van der Waals surface area contributed by atoms with Gasteiger partial charge in [0, 0.05) is 39.8 Å². The summed E-state index contributed by atoms with van der Waals surface area (Å²) in [4.78, 5) is 33.9. The van der Waals surface area contributed by atoms with Crippen molar-refractivity contribution in [2.24, 2.45) is 5.73 Å². The number of amides is 2. The van der Waals surface area contributed by atoms with E-state index >= 15 is 0 Å². The van der Waals surface area contributed by atoms with Crippen LogP contribution in [0.2, 0.25) is 0 Å². The maximum absolute atomic E-state index is 12.4. The Kier molecular flexibility index (Phi) is 7.37. The van der Waals surface area contributed by atoms with E-state index < -0.39 is 11.9 Å².